The summed E-state index contributed by atoms with van der Waals surface area (Å²) >= 11 is 0. The number of nitrogens with one attached hydrogen (secondary N) is 1. The molecule has 1 saturated carbocycles. The Labute approximate surface area is 91.1 Å². The van der Waals surface area contributed by atoms with Crippen molar-refractivity contribution < 1.29 is 0 Å². The maximum atomic E-state index is 4.27. The molecule has 0 spiro atoms. The van der Waals surface area contributed by atoms with Gasteiger partial charge in [-0.25, -0.2) is 4.98 Å². The summed E-state index contributed by atoms with van der Waals surface area (Å²) in [5.74, 6) is 1.81. The summed E-state index contributed by atoms with van der Waals surface area (Å²) < 4.78 is 1.75. The second-order valence-electron chi connectivity index (χ2n) is 4.45. The first-order valence-electron chi connectivity index (χ1n) is 5.87. The van der Waals surface area contributed by atoms with Gasteiger partial charge in [0, 0.05) is 13.1 Å². The Balaban J connectivity index is 1.79. The van der Waals surface area contributed by atoms with E-state index in [1.165, 1.54) is 25.7 Å². The van der Waals surface area contributed by atoms with Gasteiger partial charge in [-0.05, 0) is 25.2 Å². The van der Waals surface area contributed by atoms with Crippen LogP contribution in [0.2, 0.25) is 0 Å². The molecule has 0 aromatic carbocycles. The third-order valence-corrected chi connectivity index (χ3v) is 2.96. The molecule has 1 N–H and O–H groups in total. The maximum absolute atomic E-state index is 4.27. The molecule has 15 heavy (non-hydrogen) atoms. The zero-order valence-corrected chi connectivity index (χ0v) is 9.61. The van der Waals surface area contributed by atoms with Crippen LogP contribution in [0.1, 0.15) is 38.4 Å². The molecular weight excluding hydrogens is 188 g/mol. The molecule has 1 aliphatic rings. The van der Waals surface area contributed by atoms with Crippen LogP contribution >= 0.6 is 0 Å². The summed E-state index contributed by atoms with van der Waals surface area (Å²) in [7, 11) is 1.90. The van der Waals surface area contributed by atoms with Crippen LogP contribution in [0.25, 0.3) is 0 Å². The minimum atomic E-state index is 0.679. The molecule has 4 heteroatoms. The monoisotopic (exact) mass is 208 g/mol. The smallest absolute Gasteiger partial charge is 0.164 e. The van der Waals surface area contributed by atoms with E-state index in [0.717, 1.165) is 18.3 Å². The van der Waals surface area contributed by atoms with Gasteiger partial charge in [-0.15, -0.1) is 0 Å². The standard InChI is InChI=1S/C11H20N4/c1-3-4-10(9-5-6-9)12-7-11-13-8-15(2)14-11/h8-10,12H,3-7H2,1-2H3. The molecule has 4 nitrogen and oxygen atoms in total. The third-order valence-electron chi connectivity index (χ3n) is 2.96. The topological polar surface area (TPSA) is 42.7 Å². The average Bonchev–Trinajstić information content (AvgIpc) is 2.97. The highest BCUT2D eigenvalue weighted by Crippen LogP contribution is 2.34. The van der Waals surface area contributed by atoms with E-state index in [4.69, 9.17) is 0 Å². The fourth-order valence-electron chi connectivity index (χ4n) is 2.00. The van der Waals surface area contributed by atoms with Crippen LogP contribution in [-0.2, 0) is 13.6 Å². The Hall–Kier alpha value is -0.900. The Morgan fingerprint density at radius 2 is 2.40 bits per heavy atom. The molecule has 1 aromatic rings. The van der Waals surface area contributed by atoms with Crippen LogP contribution in [0.3, 0.4) is 0 Å². The second kappa shape index (κ2) is 4.75. The normalized spacial score (nSPS) is 18.0. The van der Waals surface area contributed by atoms with E-state index in [2.05, 4.69) is 22.3 Å². The number of hydrogen-bond acceptors (Lipinski definition) is 3. The van der Waals surface area contributed by atoms with Crippen molar-refractivity contribution in [1.29, 1.82) is 0 Å². The van der Waals surface area contributed by atoms with Crippen molar-refractivity contribution in [2.75, 3.05) is 0 Å². The highest BCUT2D eigenvalue weighted by molar-refractivity contribution is 4.88. The van der Waals surface area contributed by atoms with E-state index >= 15 is 0 Å². The molecular formula is C11H20N4. The lowest BCUT2D eigenvalue weighted by atomic mass is 10.1. The number of aromatic nitrogens is 3. The number of hydrogen-bond donors (Lipinski definition) is 1. The minimum absolute atomic E-state index is 0.679. The molecule has 0 aliphatic heterocycles. The summed E-state index contributed by atoms with van der Waals surface area (Å²) in [6, 6.07) is 0.679. The predicted molar refractivity (Wildman–Crippen MR) is 59.3 cm³/mol. The highest BCUT2D eigenvalue weighted by Gasteiger charge is 2.30. The zero-order chi connectivity index (χ0) is 10.7. The van der Waals surface area contributed by atoms with E-state index in [-0.39, 0.29) is 0 Å². The zero-order valence-electron chi connectivity index (χ0n) is 9.61. The van der Waals surface area contributed by atoms with Crippen LogP contribution in [0.5, 0.6) is 0 Å². The molecule has 1 aliphatic carbocycles. The summed E-state index contributed by atoms with van der Waals surface area (Å²) in [5.41, 5.74) is 0. The number of nitrogens with zero attached hydrogens (tertiary/aromatic N) is 3. The summed E-state index contributed by atoms with van der Waals surface area (Å²) in [4.78, 5) is 4.22. The van der Waals surface area contributed by atoms with Crippen molar-refractivity contribution in [3.05, 3.63) is 12.2 Å². The van der Waals surface area contributed by atoms with Crippen LogP contribution in [-0.4, -0.2) is 20.8 Å². The van der Waals surface area contributed by atoms with E-state index in [1.807, 2.05) is 7.05 Å². The van der Waals surface area contributed by atoms with Crippen LogP contribution in [0, 0.1) is 5.92 Å². The Morgan fingerprint density at radius 3 is 2.93 bits per heavy atom. The second-order valence-corrected chi connectivity index (χ2v) is 4.45. The van der Waals surface area contributed by atoms with Crippen molar-refractivity contribution in [3.63, 3.8) is 0 Å². The van der Waals surface area contributed by atoms with Gasteiger partial charge in [0.15, 0.2) is 5.82 Å². The van der Waals surface area contributed by atoms with Gasteiger partial charge in [0.05, 0.1) is 6.54 Å². The van der Waals surface area contributed by atoms with E-state index in [9.17, 15) is 0 Å². The maximum Gasteiger partial charge on any atom is 0.164 e. The molecule has 1 heterocycles. The van der Waals surface area contributed by atoms with E-state index in [1.54, 1.807) is 11.0 Å². The van der Waals surface area contributed by atoms with Crippen molar-refractivity contribution in [2.24, 2.45) is 13.0 Å². The molecule has 84 valence electrons. The van der Waals surface area contributed by atoms with Gasteiger partial charge in [-0.1, -0.05) is 13.3 Å². The Kier molecular flexibility index (Phi) is 3.36. The van der Waals surface area contributed by atoms with Crippen LogP contribution < -0.4 is 5.32 Å². The van der Waals surface area contributed by atoms with Crippen molar-refractivity contribution in [2.45, 2.75) is 45.2 Å². The number of aryl methyl sites for hydroxylation is 1. The Morgan fingerprint density at radius 1 is 1.60 bits per heavy atom. The van der Waals surface area contributed by atoms with Gasteiger partial charge >= 0.3 is 0 Å². The van der Waals surface area contributed by atoms with E-state index in [0.29, 0.717) is 6.04 Å². The van der Waals surface area contributed by atoms with E-state index < -0.39 is 0 Å². The predicted octanol–water partition coefficient (Wildman–Crippen LogP) is 1.48. The lowest BCUT2D eigenvalue weighted by molar-refractivity contribution is 0.424. The number of rotatable bonds is 6. The quantitative estimate of drug-likeness (QED) is 0.770. The van der Waals surface area contributed by atoms with Crippen LogP contribution in [0.4, 0.5) is 0 Å². The summed E-state index contributed by atoms with van der Waals surface area (Å²) in [5, 5.41) is 7.84. The fourth-order valence-corrected chi connectivity index (χ4v) is 2.00. The van der Waals surface area contributed by atoms with Crippen molar-refractivity contribution in [1.82, 2.24) is 20.1 Å². The highest BCUT2D eigenvalue weighted by atomic mass is 15.3. The average molecular weight is 208 g/mol. The van der Waals surface area contributed by atoms with Crippen molar-refractivity contribution in [3.8, 4) is 0 Å². The SMILES string of the molecule is CCCC(NCc1ncn(C)n1)C1CC1. The van der Waals surface area contributed by atoms with Crippen LogP contribution in [0.15, 0.2) is 6.33 Å². The van der Waals surface area contributed by atoms with Gasteiger partial charge in [0.2, 0.25) is 0 Å². The first-order chi connectivity index (χ1) is 7.29. The minimum Gasteiger partial charge on any atom is -0.307 e. The molecule has 0 saturated heterocycles. The largest absolute Gasteiger partial charge is 0.307 e. The molecule has 1 atom stereocenters. The van der Waals surface area contributed by atoms with Crippen molar-refractivity contribution >= 4 is 0 Å². The van der Waals surface area contributed by atoms with Gasteiger partial charge in [0.25, 0.3) is 0 Å². The molecule has 2 rings (SSSR count). The molecule has 1 aromatic heterocycles. The first kappa shape index (κ1) is 10.6. The molecule has 1 fully saturated rings. The summed E-state index contributed by atoms with van der Waals surface area (Å²) in [6.07, 6.45) is 7.07. The lowest BCUT2D eigenvalue weighted by Gasteiger charge is -2.15. The lowest BCUT2D eigenvalue weighted by Crippen LogP contribution is -2.30. The molecule has 0 bridgehead atoms. The Bertz CT molecular complexity index is 303. The molecule has 1 unspecified atom stereocenters. The molecule has 0 radical (unpaired) electrons. The van der Waals surface area contributed by atoms with Gasteiger partial charge in [-0.3, -0.25) is 4.68 Å². The molecule has 0 amide bonds. The first-order valence-corrected chi connectivity index (χ1v) is 5.87. The van der Waals surface area contributed by atoms with Gasteiger partial charge in [-0.2, -0.15) is 5.10 Å². The summed E-state index contributed by atoms with van der Waals surface area (Å²) in [6.45, 7) is 3.05. The van der Waals surface area contributed by atoms with Gasteiger partial charge < -0.3 is 5.32 Å². The van der Waals surface area contributed by atoms with Gasteiger partial charge in [0.1, 0.15) is 6.33 Å². The fraction of sp³-hybridized carbons (Fsp3) is 0.818. The third kappa shape index (κ3) is 3.02.